The number of halogens is 2. The van der Waals surface area contributed by atoms with Crippen LogP contribution in [-0.4, -0.2) is 46.8 Å². The molecule has 0 bridgehead atoms. The molecule has 0 radical (unpaired) electrons. The minimum absolute atomic E-state index is 0. The lowest BCUT2D eigenvalue weighted by Crippen LogP contribution is -2.55. The Hall–Kier alpha value is -3.71. The topological polar surface area (TPSA) is 61.4 Å². The van der Waals surface area contributed by atoms with Gasteiger partial charge in [0.25, 0.3) is 0 Å². The summed E-state index contributed by atoms with van der Waals surface area (Å²) in [5.74, 6) is 0.498. The number of carbonyl (C=O) groups is 1. The number of nitrogens with one attached hydrogen (secondary N) is 1. The molecular weight excluding hydrogens is 453 g/mol. The molecule has 0 saturated carbocycles. The molecule has 1 atom stereocenters. The summed E-state index contributed by atoms with van der Waals surface area (Å²) in [4.78, 5) is 16.7. The Kier molecular flexibility index (Phi) is 6.93. The molecule has 0 aliphatic carbocycles. The largest absolute Gasteiger partial charge is 0.348 e. The van der Waals surface area contributed by atoms with Crippen LogP contribution < -0.4 is 10.2 Å². The second kappa shape index (κ2) is 10.1. The molecule has 1 fully saturated rings. The van der Waals surface area contributed by atoms with Gasteiger partial charge in [0.1, 0.15) is 11.5 Å². The first-order valence-corrected chi connectivity index (χ1v) is 11.0. The van der Waals surface area contributed by atoms with Gasteiger partial charge < -0.3 is 15.1 Å². The van der Waals surface area contributed by atoms with Crippen LogP contribution in [0.1, 0.15) is 6.92 Å². The predicted octanol–water partition coefficient (Wildman–Crippen LogP) is 5.60. The van der Waals surface area contributed by atoms with Crippen LogP contribution in [-0.2, 0) is 0 Å². The Morgan fingerprint density at radius 2 is 1.59 bits per heavy atom. The first kappa shape index (κ1) is 23.4. The van der Waals surface area contributed by atoms with Crippen LogP contribution in [0.4, 0.5) is 20.7 Å². The molecule has 1 aliphatic rings. The molecule has 0 spiro atoms. The molecule has 34 heavy (non-hydrogen) atoms. The summed E-state index contributed by atoms with van der Waals surface area (Å²) < 4.78 is 13.1. The number of carbonyl (C=O) groups excluding carboxylic acids is 1. The maximum atomic E-state index is 13.1. The van der Waals surface area contributed by atoms with Crippen molar-refractivity contribution in [2.45, 2.75) is 13.0 Å². The van der Waals surface area contributed by atoms with E-state index >= 15 is 0 Å². The van der Waals surface area contributed by atoms with Gasteiger partial charge in [0.2, 0.25) is 0 Å². The molecule has 174 valence electrons. The number of nitrogens with zero attached hydrogens (tertiary/aromatic N) is 4. The number of hydrogen-bond acceptors (Lipinski definition) is 4. The van der Waals surface area contributed by atoms with Crippen LogP contribution in [0.15, 0.2) is 78.9 Å². The quantitative estimate of drug-likeness (QED) is 0.417. The van der Waals surface area contributed by atoms with Crippen LogP contribution >= 0.6 is 12.4 Å². The second-order valence-corrected chi connectivity index (χ2v) is 8.21. The molecule has 2 amide bonds. The van der Waals surface area contributed by atoms with Gasteiger partial charge in [-0.15, -0.1) is 22.6 Å². The van der Waals surface area contributed by atoms with E-state index in [2.05, 4.69) is 39.5 Å². The Balaban J connectivity index is 0.00000274. The summed E-state index contributed by atoms with van der Waals surface area (Å²) in [5.41, 5.74) is 2.47. The molecule has 8 heteroatoms. The van der Waals surface area contributed by atoms with Gasteiger partial charge in [-0.3, -0.25) is 0 Å². The molecule has 1 N–H and O–H groups in total. The van der Waals surface area contributed by atoms with Crippen LogP contribution in [0, 0.1) is 5.82 Å². The van der Waals surface area contributed by atoms with Crippen molar-refractivity contribution in [3.8, 4) is 11.3 Å². The fraction of sp³-hybridized carbons (Fsp3) is 0.192. The van der Waals surface area contributed by atoms with Crippen LogP contribution in [0.3, 0.4) is 0 Å². The highest BCUT2D eigenvalue weighted by atomic mass is 35.5. The predicted molar refractivity (Wildman–Crippen MR) is 136 cm³/mol. The third-order valence-corrected chi connectivity index (χ3v) is 6.00. The van der Waals surface area contributed by atoms with E-state index in [-0.39, 0.29) is 30.3 Å². The van der Waals surface area contributed by atoms with Crippen LogP contribution in [0.2, 0.25) is 0 Å². The van der Waals surface area contributed by atoms with Crippen molar-refractivity contribution in [2.24, 2.45) is 0 Å². The highest BCUT2D eigenvalue weighted by Gasteiger charge is 2.29. The number of piperazine rings is 1. The zero-order chi connectivity index (χ0) is 22.8. The summed E-state index contributed by atoms with van der Waals surface area (Å²) >= 11 is 0. The SMILES string of the molecule is CC1CN(C(=O)Nc2ccc(F)cc2)CCN1c1nnc(-c2ccccc2)c2ccccc12.Cl. The molecule has 4 aromatic rings. The number of hydrogen-bond donors (Lipinski definition) is 1. The van der Waals surface area contributed by atoms with Crippen molar-refractivity contribution >= 4 is 40.7 Å². The fourth-order valence-electron chi connectivity index (χ4n) is 4.30. The first-order chi connectivity index (χ1) is 16.1. The van der Waals surface area contributed by atoms with Gasteiger partial charge in [0.15, 0.2) is 5.82 Å². The Bertz CT molecular complexity index is 1290. The molecule has 2 heterocycles. The number of benzene rings is 3. The molecular formula is C26H25ClFN5O. The first-order valence-electron chi connectivity index (χ1n) is 11.0. The van der Waals surface area contributed by atoms with E-state index in [1.807, 2.05) is 42.5 Å². The van der Waals surface area contributed by atoms with E-state index in [1.54, 1.807) is 17.0 Å². The molecule has 6 nitrogen and oxygen atoms in total. The molecule has 1 aliphatic heterocycles. The minimum Gasteiger partial charge on any atom is -0.348 e. The van der Waals surface area contributed by atoms with Crippen LogP contribution in [0.5, 0.6) is 0 Å². The van der Waals surface area contributed by atoms with E-state index in [0.717, 1.165) is 27.8 Å². The minimum atomic E-state index is -0.332. The monoisotopic (exact) mass is 477 g/mol. The lowest BCUT2D eigenvalue weighted by atomic mass is 10.0. The number of amides is 2. The molecule has 1 aromatic heterocycles. The van der Waals surface area contributed by atoms with Gasteiger partial charge in [-0.1, -0.05) is 54.6 Å². The lowest BCUT2D eigenvalue weighted by Gasteiger charge is -2.40. The van der Waals surface area contributed by atoms with E-state index in [4.69, 9.17) is 0 Å². The highest BCUT2D eigenvalue weighted by Crippen LogP contribution is 2.32. The number of anilines is 2. The zero-order valence-corrected chi connectivity index (χ0v) is 19.5. The Labute approximate surface area is 203 Å². The second-order valence-electron chi connectivity index (χ2n) is 8.21. The summed E-state index contributed by atoms with van der Waals surface area (Å²) in [5, 5.41) is 14.2. The molecule has 1 unspecified atom stereocenters. The summed E-state index contributed by atoms with van der Waals surface area (Å²) in [7, 11) is 0. The number of urea groups is 1. The third kappa shape index (κ3) is 4.65. The average Bonchev–Trinajstić information content (AvgIpc) is 2.85. The van der Waals surface area contributed by atoms with Crippen LogP contribution in [0.25, 0.3) is 22.0 Å². The van der Waals surface area contributed by atoms with Gasteiger partial charge in [-0.05, 0) is 31.2 Å². The number of aromatic nitrogens is 2. The molecule has 5 rings (SSSR count). The van der Waals surface area contributed by atoms with Gasteiger partial charge >= 0.3 is 6.03 Å². The maximum Gasteiger partial charge on any atom is 0.321 e. The van der Waals surface area contributed by atoms with Gasteiger partial charge in [0.05, 0.1) is 0 Å². The van der Waals surface area contributed by atoms with E-state index < -0.39 is 0 Å². The summed E-state index contributed by atoms with van der Waals surface area (Å²) in [6.07, 6.45) is 0. The molecule has 1 saturated heterocycles. The summed E-state index contributed by atoms with van der Waals surface area (Å²) in [6, 6.07) is 23.9. The smallest absolute Gasteiger partial charge is 0.321 e. The van der Waals surface area contributed by atoms with Crippen molar-refractivity contribution in [3.05, 3.63) is 84.7 Å². The van der Waals surface area contributed by atoms with E-state index in [9.17, 15) is 9.18 Å². The Morgan fingerprint density at radius 3 is 2.29 bits per heavy atom. The van der Waals surface area contributed by atoms with Gasteiger partial charge in [-0.25, -0.2) is 9.18 Å². The van der Waals surface area contributed by atoms with Crippen molar-refractivity contribution in [3.63, 3.8) is 0 Å². The Morgan fingerprint density at radius 1 is 0.912 bits per heavy atom. The van der Waals surface area contributed by atoms with Crippen molar-refractivity contribution in [2.75, 3.05) is 29.9 Å². The van der Waals surface area contributed by atoms with Crippen molar-refractivity contribution in [1.82, 2.24) is 15.1 Å². The number of fused-ring (bicyclic) bond motifs is 1. The van der Waals surface area contributed by atoms with Gasteiger partial charge in [-0.2, -0.15) is 0 Å². The maximum absolute atomic E-state index is 13.1. The zero-order valence-electron chi connectivity index (χ0n) is 18.7. The van der Waals surface area contributed by atoms with Crippen molar-refractivity contribution < 1.29 is 9.18 Å². The van der Waals surface area contributed by atoms with E-state index in [1.165, 1.54) is 12.1 Å². The molecule has 3 aromatic carbocycles. The van der Waals surface area contributed by atoms with Crippen molar-refractivity contribution in [1.29, 1.82) is 0 Å². The standard InChI is InChI=1S/C26H24FN5O.ClH/c1-18-17-31(26(33)28-21-13-11-20(27)12-14-21)15-16-32(18)25-23-10-6-5-9-22(23)24(29-30-25)19-7-3-2-4-8-19;/h2-14,18H,15-17H2,1H3,(H,28,33);1H. The van der Waals surface area contributed by atoms with Gasteiger partial charge in [0, 0.05) is 47.7 Å². The number of rotatable bonds is 3. The normalized spacial score (nSPS) is 15.6. The average molecular weight is 478 g/mol. The summed E-state index contributed by atoms with van der Waals surface area (Å²) in [6.45, 7) is 3.82. The lowest BCUT2D eigenvalue weighted by molar-refractivity contribution is 0.200. The third-order valence-electron chi connectivity index (χ3n) is 6.00. The van der Waals surface area contributed by atoms with E-state index in [0.29, 0.717) is 25.3 Å². The highest BCUT2D eigenvalue weighted by molar-refractivity contribution is 6.00. The fourth-order valence-corrected chi connectivity index (χ4v) is 4.30.